The van der Waals surface area contributed by atoms with Crippen molar-refractivity contribution in [2.24, 2.45) is 0 Å². The van der Waals surface area contributed by atoms with Gasteiger partial charge in [-0.2, -0.15) is 35.1 Å². The Kier molecular flexibility index (Phi) is 5.26. The summed E-state index contributed by atoms with van der Waals surface area (Å²) in [7, 11) is 0. The fourth-order valence-electron chi connectivity index (χ4n) is 2.61. The van der Waals surface area contributed by atoms with Gasteiger partial charge < -0.3 is 14.6 Å². The predicted octanol–water partition coefficient (Wildman–Crippen LogP) is 3.88. The van der Waals surface area contributed by atoms with E-state index in [1.165, 1.54) is 0 Å². The normalized spacial score (nSPS) is 35.1. The van der Waals surface area contributed by atoms with Crippen molar-refractivity contribution in [2.45, 2.75) is 68.9 Å². The zero-order valence-corrected chi connectivity index (χ0v) is 13.8. The van der Waals surface area contributed by atoms with Crippen molar-refractivity contribution in [1.29, 1.82) is 0 Å². The standard InChI is InChI=1S/C14H16F8O4/c1-5-10(13(17,18)19)6-11(14(20,21)22,25-8(23)7(2)3)12(15,16)9(4,24)26-10/h24H,2,5-6H2,1,3-4H3. The number of alkyl halides is 8. The molecule has 1 aliphatic rings. The van der Waals surface area contributed by atoms with Crippen LogP contribution in [-0.2, 0) is 14.3 Å². The van der Waals surface area contributed by atoms with E-state index in [2.05, 4.69) is 16.1 Å². The van der Waals surface area contributed by atoms with Gasteiger partial charge in [-0.15, -0.1) is 0 Å². The Morgan fingerprint density at radius 2 is 1.65 bits per heavy atom. The number of hydrogen-bond donors (Lipinski definition) is 1. The highest BCUT2D eigenvalue weighted by Gasteiger charge is 2.86. The highest BCUT2D eigenvalue weighted by atomic mass is 19.4. The second kappa shape index (κ2) is 6.04. The van der Waals surface area contributed by atoms with Gasteiger partial charge in [0.2, 0.25) is 5.79 Å². The van der Waals surface area contributed by atoms with Crippen molar-refractivity contribution in [3.05, 3.63) is 12.2 Å². The summed E-state index contributed by atoms with van der Waals surface area (Å²) in [5.74, 6) is -11.7. The van der Waals surface area contributed by atoms with Gasteiger partial charge in [0, 0.05) is 12.0 Å². The van der Waals surface area contributed by atoms with Crippen LogP contribution in [0, 0.1) is 0 Å². The summed E-state index contributed by atoms with van der Waals surface area (Å²) in [5.41, 5.74) is -9.60. The molecule has 3 atom stereocenters. The van der Waals surface area contributed by atoms with Gasteiger partial charge in [0.05, 0.1) is 0 Å². The number of aliphatic hydroxyl groups is 1. The number of carbonyl (C=O) groups excluding carboxylic acids is 1. The van der Waals surface area contributed by atoms with E-state index in [0.717, 1.165) is 13.8 Å². The van der Waals surface area contributed by atoms with E-state index >= 15 is 0 Å². The highest BCUT2D eigenvalue weighted by Crippen LogP contribution is 2.62. The SMILES string of the molecule is C=C(C)C(=O)OC1(C(F)(F)F)CC(CC)(C(F)(F)F)OC(C)(O)C1(F)F. The van der Waals surface area contributed by atoms with Crippen LogP contribution in [0.5, 0.6) is 0 Å². The first-order chi connectivity index (χ1) is 11.3. The third kappa shape index (κ3) is 3.06. The Hall–Kier alpha value is -1.43. The molecule has 1 heterocycles. The number of carbonyl (C=O) groups is 1. The molecule has 1 N–H and O–H groups in total. The van der Waals surface area contributed by atoms with Crippen LogP contribution in [0.4, 0.5) is 35.1 Å². The van der Waals surface area contributed by atoms with Gasteiger partial charge in [-0.05, 0) is 20.3 Å². The van der Waals surface area contributed by atoms with Gasteiger partial charge in [0.15, 0.2) is 5.60 Å². The number of ether oxygens (including phenoxy) is 2. The number of hydrogen-bond acceptors (Lipinski definition) is 4. The van der Waals surface area contributed by atoms with E-state index < -0.39 is 59.6 Å². The van der Waals surface area contributed by atoms with Crippen molar-refractivity contribution < 1.29 is 54.5 Å². The van der Waals surface area contributed by atoms with Gasteiger partial charge in [0.1, 0.15) is 0 Å². The average molecular weight is 400 g/mol. The first kappa shape index (κ1) is 22.6. The lowest BCUT2D eigenvalue weighted by Crippen LogP contribution is -2.78. The van der Waals surface area contributed by atoms with Crippen LogP contribution in [-0.4, -0.2) is 46.3 Å². The molecule has 1 saturated heterocycles. The van der Waals surface area contributed by atoms with Crippen LogP contribution >= 0.6 is 0 Å². The van der Waals surface area contributed by atoms with E-state index in [4.69, 9.17) is 0 Å². The van der Waals surface area contributed by atoms with Crippen molar-refractivity contribution in [3.63, 3.8) is 0 Å². The molecule has 0 amide bonds. The summed E-state index contributed by atoms with van der Waals surface area (Å²) < 4.78 is 118. The molecule has 0 aromatic rings. The molecule has 12 heteroatoms. The Labute approximate surface area is 142 Å². The maximum Gasteiger partial charge on any atom is 0.434 e. The molecule has 1 fully saturated rings. The molecule has 0 bridgehead atoms. The number of halogens is 8. The van der Waals surface area contributed by atoms with Gasteiger partial charge in [-0.3, -0.25) is 0 Å². The molecule has 0 aromatic carbocycles. The number of esters is 1. The summed E-state index contributed by atoms with van der Waals surface area (Å²) in [5, 5.41) is 9.70. The molecule has 0 spiro atoms. The average Bonchev–Trinajstić information content (AvgIpc) is 2.40. The van der Waals surface area contributed by atoms with Gasteiger partial charge >= 0.3 is 24.2 Å². The van der Waals surface area contributed by atoms with Crippen molar-refractivity contribution in [3.8, 4) is 0 Å². The molecular weight excluding hydrogens is 384 g/mol. The summed E-state index contributed by atoms with van der Waals surface area (Å²) in [4.78, 5) is 11.6. The molecule has 4 nitrogen and oxygen atoms in total. The molecule has 0 radical (unpaired) electrons. The molecule has 0 aromatic heterocycles. The van der Waals surface area contributed by atoms with E-state index in [1.807, 2.05) is 0 Å². The minimum atomic E-state index is -6.18. The summed E-state index contributed by atoms with van der Waals surface area (Å²) in [6.07, 6.45) is -15.5. The van der Waals surface area contributed by atoms with E-state index in [9.17, 15) is 45.0 Å². The lowest BCUT2D eigenvalue weighted by Gasteiger charge is -2.56. The third-order valence-electron chi connectivity index (χ3n) is 4.18. The van der Waals surface area contributed by atoms with Gasteiger partial charge in [-0.1, -0.05) is 13.5 Å². The lowest BCUT2D eigenvalue weighted by atomic mass is 9.73. The number of rotatable bonds is 3. The molecule has 26 heavy (non-hydrogen) atoms. The quantitative estimate of drug-likeness (QED) is 0.444. The second-order valence-electron chi connectivity index (χ2n) is 6.18. The van der Waals surface area contributed by atoms with Crippen LogP contribution in [0.25, 0.3) is 0 Å². The maximum atomic E-state index is 14.5. The summed E-state index contributed by atoms with van der Waals surface area (Å²) in [6, 6.07) is 0. The van der Waals surface area contributed by atoms with E-state index in [1.54, 1.807) is 0 Å². The molecule has 1 rings (SSSR count). The summed E-state index contributed by atoms with van der Waals surface area (Å²) >= 11 is 0. The molecular formula is C14H16F8O4. The molecule has 152 valence electrons. The Bertz CT molecular complexity index is 595. The fraction of sp³-hybridized carbons (Fsp3) is 0.786. The van der Waals surface area contributed by atoms with Crippen molar-refractivity contribution in [2.75, 3.05) is 0 Å². The van der Waals surface area contributed by atoms with E-state index in [0.29, 0.717) is 0 Å². The van der Waals surface area contributed by atoms with Gasteiger partial charge in [0.25, 0.3) is 5.60 Å². The van der Waals surface area contributed by atoms with Crippen LogP contribution in [0.1, 0.15) is 33.6 Å². The molecule has 0 aliphatic carbocycles. The lowest BCUT2D eigenvalue weighted by molar-refractivity contribution is -0.487. The molecule has 0 saturated carbocycles. The van der Waals surface area contributed by atoms with Crippen LogP contribution in [0.2, 0.25) is 0 Å². The van der Waals surface area contributed by atoms with E-state index in [-0.39, 0.29) is 6.92 Å². The first-order valence-corrected chi connectivity index (χ1v) is 7.13. The Morgan fingerprint density at radius 3 is 1.96 bits per heavy atom. The zero-order chi connectivity index (χ0) is 21.0. The first-order valence-electron chi connectivity index (χ1n) is 7.13. The Morgan fingerprint density at radius 1 is 1.19 bits per heavy atom. The molecule has 1 aliphatic heterocycles. The molecule has 3 unspecified atom stereocenters. The predicted molar refractivity (Wildman–Crippen MR) is 70.0 cm³/mol. The van der Waals surface area contributed by atoms with Crippen LogP contribution in [0.15, 0.2) is 12.2 Å². The largest absolute Gasteiger partial charge is 0.439 e. The second-order valence-corrected chi connectivity index (χ2v) is 6.18. The Balaban J connectivity index is 3.81. The minimum absolute atomic E-state index is 0.0581. The van der Waals surface area contributed by atoms with Crippen molar-refractivity contribution in [1.82, 2.24) is 0 Å². The summed E-state index contributed by atoms with van der Waals surface area (Å²) in [6.45, 7) is 4.41. The maximum absolute atomic E-state index is 14.5. The fourth-order valence-corrected chi connectivity index (χ4v) is 2.61. The zero-order valence-electron chi connectivity index (χ0n) is 13.8. The van der Waals surface area contributed by atoms with Crippen molar-refractivity contribution >= 4 is 5.97 Å². The van der Waals surface area contributed by atoms with Crippen LogP contribution in [0.3, 0.4) is 0 Å². The smallest absolute Gasteiger partial charge is 0.434 e. The monoisotopic (exact) mass is 400 g/mol. The van der Waals surface area contributed by atoms with Gasteiger partial charge in [-0.25, -0.2) is 4.79 Å². The minimum Gasteiger partial charge on any atom is -0.439 e. The topological polar surface area (TPSA) is 55.8 Å². The third-order valence-corrected chi connectivity index (χ3v) is 4.18. The van der Waals surface area contributed by atoms with Crippen LogP contribution < -0.4 is 0 Å². The highest BCUT2D eigenvalue weighted by molar-refractivity contribution is 5.87.